The van der Waals surface area contributed by atoms with Crippen molar-refractivity contribution < 1.29 is 23.9 Å². The summed E-state index contributed by atoms with van der Waals surface area (Å²) < 4.78 is 17.8. The Morgan fingerprint density at radius 2 is 2.10 bits per heavy atom. The van der Waals surface area contributed by atoms with Crippen LogP contribution in [0.3, 0.4) is 0 Å². The fourth-order valence-electron chi connectivity index (χ4n) is 3.76. The van der Waals surface area contributed by atoms with E-state index < -0.39 is 0 Å². The molecule has 0 bridgehead atoms. The van der Waals surface area contributed by atoms with Gasteiger partial charge in [-0.2, -0.15) is 9.50 Å². The maximum absolute atomic E-state index is 11.1. The van der Waals surface area contributed by atoms with Crippen molar-refractivity contribution >= 4 is 16.3 Å². The van der Waals surface area contributed by atoms with Crippen molar-refractivity contribution in [3.63, 3.8) is 0 Å². The Morgan fingerprint density at radius 1 is 1.24 bits per heavy atom. The minimum Gasteiger partial charge on any atom is -0.497 e. The number of hydrogen-bond donors (Lipinski definition) is 2. The predicted molar refractivity (Wildman–Crippen MR) is 107 cm³/mol. The van der Waals surface area contributed by atoms with Crippen LogP contribution in [-0.2, 0) is 4.74 Å². The number of quaternary nitrogens is 1. The molecule has 4 aromatic rings. The molecule has 1 aromatic carbocycles. The number of morpholine rings is 1. The van der Waals surface area contributed by atoms with Gasteiger partial charge in [0.25, 0.3) is 0 Å². The van der Waals surface area contributed by atoms with Crippen LogP contribution in [0.15, 0.2) is 47.1 Å². The molecule has 3 aromatic heterocycles. The minimum atomic E-state index is -0.0606. The highest BCUT2D eigenvalue weighted by Crippen LogP contribution is 2.36. The number of methoxy groups -OCH3 is 1. The van der Waals surface area contributed by atoms with Gasteiger partial charge in [-0.25, -0.2) is 0 Å². The first-order valence-electron chi connectivity index (χ1n) is 9.43. The smallest absolute Gasteiger partial charge is 0.235 e. The topological polar surface area (TPSA) is 86.5 Å². The maximum Gasteiger partial charge on any atom is 0.235 e. The zero-order chi connectivity index (χ0) is 19.8. The number of fused-ring (bicyclic) bond motifs is 1. The molecule has 5 rings (SSSR count). The first-order valence-corrected chi connectivity index (χ1v) is 10.2. The summed E-state index contributed by atoms with van der Waals surface area (Å²) in [6.45, 7) is 3.10. The summed E-state index contributed by atoms with van der Waals surface area (Å²) in [5.74, 6) is 1.94. The molecule has 1 aliphatic rings. The molecule has 4 heterocycles. The van der Waals surface area contributed by atoms with Crippen LogP contribution >= 0.6 is 11.3 Å². The molecule has 0 aliphatic carbocycles. The third kappa shape index (κ3) is 3.27. The quantitative estimate of drug-likeness (QED) is 0.519. The maximum atomic E-state index is 11.1. The molecule has 0 unspecified atom stereocenters. The van der Waals surface area contributed by atoms with Crippen LogP contribution in [0.1, 0.15) is 16.5 Å². The van der Waals surface area contributed by atoms with Gasteiger partial charge >= 0.3 is 0 Å². The van der Waals surface area contributed by atoms with Gasteiger partial charge in [0, 0.05) is 5.56 Å². The summed E-state index contributed by atoms with van der Waals surface area (Å²) in [4.78, 5) is 7.34. The standard InChI is InChI=1S/C20H20N4O4S/c1-26-14-5-2-4-13(12-14)16(23-7-10-27-11-8-23)17-19(25)24-20(29-17)21-18(22-24)15-6-3-9-28-15/h2-6,9,12,16,25H,7-8,10-11H2,1H3/p+1/t16-/m0/s1. The van der Waals surface area contributed by atoms with Crippen molar-refractivity contribution in [2.45, 2.75) is 6.04 Å². The van der Waals surface area contributed by atoms with E-state index in [0.717, 1.165) is 29.3 Å². The second-order valence-corrected chi connectivity index (χ2v) is 7.89. The first kappa shape index (κ1) is 18.2. The van der Waals surface area contributed by atoms with E-state index in [1.54, 1.807) is 25.5 Å². The van der Waals surface area contributed by atoms with E-state index in [-0.39, 0.29) is 11.9 Å². The van der Waals surface area contributed by atoms with Gasteiger partial charge in [-0.15, -0.1) is 5.10 Å². The second-order valence-electron chi connectivity index (χ2n) is 6.88. The summed E-state index contributed by atoms with van der Waals surface area (Å²) in [5.41, 5.74) is 1.08. The molecule has 1 fully saturated rings. The normalized spacial score (nSPS) is 16.3. The largest absolute Gasteiger partial charge is 0.497 e. The van der Waals surface area contributed by atoms with E-state index in [1.165, 1.54) is 20.8 Å². The fourth-order valence-corrected chi connectivity index (χ4v) is 4.91. The molecule has 150 valence electrons. The molecule has 8 nitrogen and oxygen atoms in total. The Hall–Kier alpha value is -2.88. The van der Waals surface area contributed by atoms with E-state index in [0.29, 0.717) is 29.8 Å². The van der Waals surface area contributed by atoms with Crippen LogP contribution in [-0.4, -0.2) is 53.1 Å². The number of hydrogen-bond acceptors (Lipinski definition) is 7. The molecule has 1 atom stereocenters. The number of ether oxygens (including phenoxy) is 2. The molecule has 0 spiro atoms. The van der Waals surface area contributed by atoms with Crippen LogP contribution in [0, 0.1) is 0 Å². The highest BCUT2D eigenvalue weighted by molar-refractivity contribution is 7.17. The molecule has 0 radical (unpaired) electrons. The Kier molecular flexibility index (Phi) is 4.70. The molecule has 9 heteroatoms. The Bertz CT molecular complexity index is 1120. The van der Waals surface area contributed by atoms with Gasteiger partial charge in [0.05, 0.1) is 26.6 Å². The van der Waals surface area contributed by atoms with Crippen molar-refractivity contribution in [2.75, 3.05) is 33.4 Å². The third-order valence-electron chi connectivity index (χ3n) is 5.17. The average Bonchev–Trinajstić information content (AvgIpc) is 3.48. The third-order valence-corrected chi connectivity index (χ3v) is 6.26. The van der Waals surface area contributed by atoms with Crippen molar-refractivity contribution in [1.29, 1.82) is 0 Å². The van der Waals surface area contributed by atoms with Crippen LogP contribution in [0.2, 0.25) is 0 Å². The van der Waals surface area contributed by atoms with Crippen molar-refractivity contribution in [1.82, 2.24) is 14.6 Å². The summed E-state index contributed by atoms with van der Waals surface area (Å²) in [6, 6.07) is 11.5. The lowest BCUT2D eigenvalue weighted by molar-refractivity contribution is -0.932. The summed E-state index contributed by atoms with van der Waals surface area (Å²) in [6.07, 6.45) is 1.58. The van der Waals surface area contributed by atoms with Crippen LogP contribution in [0.25, 0.3) is 16.5 Å². The average molecular weight is 413 g/mol. The molecular formula is C20H21N4O4S+. The number of nitrogens with one attached hydrogen (secondary N) is 1. The molecule has 1 saturated heterocycles. The van der Waals surface area contributed by atoms with Gasteiger partial charge in [-0.3, -0.25) is 0 Å². The summed E-state index contributed by atoms with van der Waals surface area (Å²) in [5, 5.41) is 15.5. The van der Waals surface area contributed by atoms with E-state index in [4.69, 9.17) is 13.9 Å². The molecule has 29 heavy (non-hydrogen) atoms. The fraction of sp³-hybridized carbons (Fsp3) is 0.300. The molecule has 0 amide bonds. The number of furan rings is 1. The van der Waals surface area contributed by atoms with Crippen molar-refractivity contribution in [2.24, 2.45) is 0 Å². The molecule has 2 N–H and O–H groups in total. The van der Waals surface area contributed by atoms with Gasteiger partial charge in [-0.05, 0) is 24.3 Å². The zero-order valence-corrected chi connectivity index (χ0v) is 16.7. The van der Waals surface area contributed by atoms with Gasteiger partial charge < -0.3 is 23.9 Å². The van der Waals surface area contributed by atoms with Crippen molar-refractivity contribution in [3.05, 3.63) is 53.1 Å². The number of aromatic hydroxyl groups is 1. The van der Waals surface area contributed by atoms with E-state index in [2.05, 4.69) is 16.1 Å². The van der Waals surface area contributed by atoms with E-state index in [9.17, 15) is 5.11 Å². The number of nitrogens with zero attached hydrogens (tertiary/aromatic N) is 3. The summed E-state index contributed by atoms with van der Waals surface area (Å²) in [7, 11) is 1.66. The monoisotopic (exact) mass is 413 g/mol. The van der Waals surface area contributed by atoms with Gasteiger partial charge in [-0.1, -0.05) is 23.5 Å². The molecular weight excluding hydrogens is 392 g/mol. The molecule has 0 saturated carbocycles. The summed E-state index contributed by atoms with van der Waals surface area (Å²) >= 11 is 1.45. The highest BCUT2D eigenvalue weighted by Gasteiger charge is 2.34. The number of benzene rings is 1. The lowest BCUT2D eigenvalue weighted by Gasteiger charge is -2.31. The predicted octanol–water partition coefficient (Wildman–Crippen LogP) is 1.77. The van der Waals surface area contributed by atoms with E-state index >= 15 is 0 Å². The SMILES string of the molecule is COc1cccc([C@@H](c2sc3nc(-c4ccco4)nn3c2O)[NH+]2CCOCC2)c1. The van der Waals surface area contributed by atoms with E-state index in [1.807, 2.05) is 18.2 Å². The zero-order valence-electron chi connectivity index (χ0n) is 15.9. The Morgan fingerprint density at radius 3 is 2.83 bits per heavy atom. The lowest BCUT2D eigenvalue weighted by Crippen LogP contribution is -3.14. The number of rotatable bonds is 5. The van der Waals surface area contributed by atoms with Crippen LogP contribution < -0.4 is 9.64 Å². The van der Waals surface area contributed by atoms with Gasteiger partial charge in [0.15, 0.2) is 11.8 Å². The van der Waals surface area contributed by atoms with Crippen molar-refractivity contribution in [3.8, 4) is 23.2 Å². The minimum absolute atomic E-state index is 0.0606. The Balaban J connectivity index is 1.60. The number of aromatic nitrogens is 3. The van der Waals surface area contributed by atoms with Crippen LogP contribution in [0.5, 0.6) is 11.6 Å². The Labute approximate surface area is 170 Å². The van der Waals surface area contributed by atoms with Gasteiger partial charge in [0.1, 0.15) is 23.7 Å². The molecule has 1 aliphatic heterocycles. The highest BCUT2D eigenvalue weighted by atomic mass is 32.1. The van der Waals surface area contributed by atoms with Crippen LogP contribution in [0.4, 0.5) is 0 Å². The first-order chi connectivity index (χ1) is 14.2. The number of thiazole rings is 1. The van der Waals surface area contributed by atoms with Gasteiger partial charge in [0.2, 0.25) is 16.7 Å². The second kappa shape index (κ2) is 7.51. The lowest BCUT2D eigenvalue weighted by atomic mass is 10.0.